The Labute approximate surface area is 217 Å². The summed E-state index contributed by atoms with van der Waals surface area (Å²) in [6.07, 6.45) is 21.9. The molecule has 1 heterocycles. The van der Waals surface area contributed by atoms with Gasteiger partial charge in [-0.2, -0.15) is 0 Å². The van der Waals surface area contributed by atoms with Gasteiger partial charge >= 0.3 is 0 Å². The van der Waals surface area contributed by atoms with Gasteiger partial charge < -0.3 is 0 Å². The lowest BCUT2D eigenvalue weighted by Crippen LogP contribution is -2.60. The van der Waals surface area contributed by atoms with Gasteiger partial charge in [-0.3, -0.25) is 4.90 Å². The summed E-state index contributed by atoms with van der Waals surface area (Å²) in [5, 5.41) is 0. The summed E-state index contributed by atoms with van der Waals surface area (Å²) < 4.78 is 0. The maximum atomic E-state index is 3.96. The maximum Gasteiger partial charge on any atom is 0.0164 e. The van der Waals surface area contributed by atoms with Crippen LogP contribution in [0.3, 0.4) is 0 Å². The van der Waals surface area contributed by atoms with E-state index in [1.165, 1.54) is 64.2 Å². The largest absolute Gasteiger partial charge is 0.293 e. The molecule has 4 rings (SSSR count). The number of hydrogen-bond donors (Lipinski definition) is 0. The number of allylic oxidation sites excluding steroid dienone is 2. The third kappa shape index (κ3) is 6.33. The van der Waals surface area contributed by atoms with Crippen molar-refractivity contribution in [2.75, 3.05) is 6.54 Å². The fraction of sp³-hybridized carbons (Fsp3) is 0.706. The summed E-state index contributed by atoms with van der Waals surface area (Å²) in [6, 6.07) is 9.96. The lowest BCUT2D eigenvalue weighted by atomic mass is 9.68. The lowest BCUT2D eigenvalue weighted by molar-refractivity contribution is -0.0346. The van der Waals surface area contributed by atoms with Gasteiger partial charge in [0.1, 0.15) is 0 Å². The van der Waals surface area contributed by atoms with Crippen molar-refractivity contribution in [2.45, 2.75) is 128 Å². The minimum atomic E-state index is 0.221. The molecule has 2 aliphatic carbocycles. The predicted molar refractivity (Wildman–Crippen MR) is 153 cm³/mol. The monoisotopic (exact) mass is 475 g/mol. The van der Waals surface area contributed by atoms with Crippen molar-refractivity contribution in [3.63, 3.8) is 0 Å². The van der Waals surface area contributed by atoms with Crippen molar-refractivity contribution < 1.29 is 0 Å². The molecule has 1 heteroatoms. The zero-order valence-electron chi connectivity index (χ0n) is 23.6. The maximum absolute atomic E-state index is 3.96. The first-order chi connectivity index (χ1) is 16.7. The Morgan fingerprint density at radius 3 is 1.74 bits per heavy atom. The quantitative estimate of drug-likeness (QED) is 0.355. The van der Waals surface area contributed by atoms with Crippen molar-refractivity contribution >= 4 is 0 Å². The first kappa shape index (κ1) is 26.7. The van der Waals surface area contributed by atoms with E-state index >= 15 is 0 Å². The second kappa shape index (κ2) is 11.4. The van der Waals surface area contributed by atoms with Crippen LogP contribution in [0.1, 0.15) is 128 Å². The highest BCUT2D eigenvalue weighted by molar-refractivity contribution is 5.29. The average Bonchev–Trinajstić information content (AvgIpc) is 2.84. The fourth-order valence-corrected chi connectivity index (χ4v) is 8.42. The standard InChI is InChI=1S/C34H53N/c1-7-9-23-35-33(3,4)24-32(25-34(35,5)6)31-21-19-30(20-22-31)29-17-15-28(16-18-29)27-13-11-26(10-8-2)12-14-27/h7-8,10,19-22,26-29,32H,1,9,11-18,23-25H2,2-6H3/b10-8+. The van der Waals surface area contributed by atoms with Crippen LogP contribution in [0, 0.1) is 17.8 Å². The van der Waals surface area contributed by atoms with E-state index in [2.05, 4.69) is 88.6 Å². The molecule has 0 N–H and O–H groups in total. The average molecular weight is 476 g/mol. The van der Waals surface area contributed by atoms with E-state index < -0.39 is 0 Å². The van der Waals surface area contributed by atoms with Gasteiger partial charge in [-0.1, -0.05) is 42.5 Å². The summed E-state index contributed by atoms with van der Waals surface area (Å²) in [5.74, 6) is 4.30. The number of piperidine rings is 1. The first-order valence-corrected chi connectivity index (χ1v) is 14.8. The van der Waals surface area contributed by atoms with E-state index in [4.69, 9.17) is 0 Å². The normalized spacial score (nSPS) is 32.0. The molecule has 0 amide bonds. The van der Waals surface area contributed by atoms with E-state index in [1.54, 1.807) is 11.1 Å². The van der Waals surface area contributed by atoms with Gasteiger partial charge in [-0.15, -0.1) is 6.58 Å². The fourth-order valence-electron chi connectivity index (χ4n) is 8.42. The summed E-state index contributed by atoms with van der Waals surface area (Å²) in [4.78, 5) is 2.73. The Bertz CT molecular complexity index is 810. The van der Waals surface area contributed by atoms with Gasteiger partial charge in [0.25, 0.3) is 0 Å². The lowest BCUT2D eigenvalue weighted by Gasteiger charge is -2.55. The Kier molecular flexibility index (Phi) is 8.68. The van der Waals surface area contributed by atoms with E-state index in [0.29, 0.717) is 5.92 Å². The second-order valence-electron chi connectivity index (χ2n) is 13.4. The summed E-state index contributed by atoms with van der Waals surface area (Å²) in [6.45, 7) is 17.0. The summed E-state index contributed by atoms with van der Waals surface area (Å²) >= 11 is 0. The van der Waals surface area contributed by atoms with Crippen LogP contribution in [0.2, 0.25) is 0 Å². The van der Waals surface area contributed by atoms with Crippen LogP contribution in [0.15, 0.2) is 49.1 Å². The van der Waals surface area contributed by atoms with Crippen LogP contribution in [0.5, 0.6) is 0 Å². The number of likely N-dealkylation sites (tertiary alicyclic amines) is 1. The zero-order valence-corrected chi connectivity index (χ0v) is 23.6. The van der Waals surface area contributed by atoms with Crippen LogP contribution < -0.4 is 0 Å². The molecule has 0 bridgehead atoms. The molecule has 1 nitrogen and oxygen atoms in total. The van der Waals surface area contributed by atoms with Gasteiger partial charge in [0.15, 0.2) is 0 Å². The molecule has 1 saturated heterocycles. The summed E-state index contributed by atoms with van der Waals surface area (Å²) in [5.41, 5.74) is 3.60. The topological polar surface area (TPSA) is 3.24 Å². The van der Waals surface area contributed by atoms with Gasteiger partial charge in [-0.05, 0) is 146 Å². The minimum Gasteiger partial charge on any atom is -0.293 e. The SMILES string of the molecule is C=CCCN1C(C)(C)CC(c2ccc(C3CCC(C4CCC(/C=C/C)CC4)CC3)cc2)CC1(C)C. The van der Waals surface area contributed by atoms with E-state index in [1.807, 2.05) is 0 Å². The molecule has 0 spiro atoms. The number of benzene rings is 1. The van der Waals surface area contributed by atoms with Crippen molar-refractivity contribution in [3.8, 4) is 0 Å². The molecule has 0 atom stereocenters. The van der Waals surface area contributed by atoms with Crippen LogP contribution in [-0.2, 0) is 0 Å². The van der Waals surface area contributed by atoms with E-state index in [9.17, 15) is 0 Å². The highest BCUT2D eigenvalue weighted by atomic mass is 15.3. The van der Waals surface area contributed by atoms with Gasteiger partial charge in [-0.25, -0.2) is 0 Å². The van der Waals surface area contributed by atoms with Gasteiger partial charge in [0.2, 0.25) is 0 Å². The highest BCUT2D eigenvalue weighted by Crippen LogP contribution is 2.47. The predicted octanol–water partition coefficient (Wildman–Crippen LogP) is 9.66. The Balaban J connectivity index is 1.32. The molecule has 0 aromatic heterocycles. The van der Waals surface area contributed by atoms with E-state index in [0.717, 1.165) is 36.6 Å². The molecule has 0 unspecified atom stereocenters. The Hall–Kier alpha value is -1.34. The molecule has 3 aliphatic rings. The molecule has 0 radical (unpaired) electrons. The van der Waals surface area contributed by atoms with Crippen LogP contribution in [0.4, 0.5) is 0 Å². The van der Waals surface area contributed by atoms with Gasteiger partial charge in [0.05, 0.1) is 0 Å². The molecular weight excluding hydrogens is 422 g/mol. The molecular formula is C34H53N. The van der Waals surface area contributed by atoms with Crippen molar-refractivity contribution in [1.82, 2.24) is 4.90 Å². The molecule has 194 valence electrons. The third-order valence-corrected chi connectivity index (χ3v) is 10.1. The van der Waals surface area contributed by atoms with Crippen LogP contribution in [0.25, 0.3) is 0 Å². The minimum absolute atomic E-state index is 0.221. The first-order valence-electron chi connectivity index (χ1n) is 14.8. The van der Waals surface area contributed by atoms with Crippen molar-refractivity contribution in [3.05, 3.63) is 60.2 Å². The van der Waals surface area contributed by atoms with Crippen LogP contribution >= 0.6 is 0 Å². The smallest absolute Gasteiger partial charge is 0.0164 e. The molecule has 1 aliphatic heterocycles. The number of nitrogens with zero attached hydrogens (tertiary/aromatic N) is 1. The zero-order chi connectivity index (χ0) is 25.1. The highest BCUT2D eigenvalue weighted by Gasteiger charge is 2.45. The summed E-state index contributed by atoms with van der Waals surface area (Å²) in [7, 11) is 0. The molecule has 1 aromatic carbocycles. The van der Waals surface area contributed by atoms with Gasteiger partial charge in [0, 0.05) is 17.6 Å². The number of hydrogen-bond acceptors (Lipinski definition) is 1. The van der Waals surface area contributed by atoms with Crippen molar-refractivity contribution in [2.24, 2.45) is 17.8 Å². The third-order valence-electron chi connectivity index (χ3n) is 10.1. The Morgan fingerprint density at radius 2 is 1.26 bits per heavy atom. The molecule has 1 aromatic rings. The van der Waals surface area contributed by atoms with E-state index in [-0.39, 0.29) is 11.1 Å². The molecule has 2 saturated carbocycles. The second-order valence-corrected chi connectivity index (χ2v) is 13.4. The Morgan fingerprint density at radius 1 is 0.771 bits per heavy atom. The van der Waals surface area contributed by atoms with Crippen molar-refractivity contribution in [1.29, 1.82) is 0 Å². The molecule has 3 fully saturated rings. The number of rotatable bonds is 7. The molecule has 35 heavy (non-hydrogen) atoms. The van der Waals surface area contributed by atoms with Crippen LogP contribution in [-0.4, -0.2) is 22.5 Å².